The predicted octanol–water partition coefficient (Wildman–Crippen LogP) is 4.81. The van der Waals surface area contributed by atoms with Gasteiger partial charge in [0.15, 0.2) is 6.10 Å². The van der Waals surface area contributed by atoms with Gasteiger partial charge in [-0.15, -0.1) is 0 Å². The van der Waals surface area contributed by atoms with Gasteiger partial charge in [0.25, 0.3) is 5.91 Å². The lowest BCUT2D eigenvalue weighted by molar-refractivity contribution is -0.122. The Morgan fingerprint density at radius 2 is 1.71 bits per heavy atom. The fourth-order valence-electron chi connectivity index (χ4n) is 2.61. The minimum absolute atomic E-state index is 0.160. The van der Waals surface area contributed by atoms with Gasteiger partial charge in [0.2, 0.25) is 0 Å². The Morgan fingerprint density at radius 1 is 1.00 bits per heavy atom. The van der Waals surface area contributed by atoms with Gasteiger partial charge in [-0.1, -0.05) is 55.5 Å². The van der Waals surface area contributed by atoms with E-state index in [1.54, 1.807) is 6.92 Å². The molecule has 122 valence electrons. The van der Waals surface area contributed by atoms with Crippen LogP contribution in [0.4, 0.5) is 5.69 Å². The van der Waals surface area contributed by atoms with Crippen molar-refractivity contribution in [2.24, 2.45) is 0 Å². The van der Waals surface area contributed by atoms with E-state index < -0.39 is 6.10 Å². The first-order valence-corrected chi connectivity index (χ1v) is 8.21. The summed E-state index contributed by atoms with van der Waals surface area (Å²) in [7, 11) is 0. The average molecular weight is 319 g/mol. The molecule has 3 rings (SSSR count). The zero-order valence-electron chi connectivity index (χ0n) is 14.0. The number of carbonyl (C=O) groups is 1. The van der Waals surface area contributed by atoms with Crippen molar-refractivity contribution >= 4 is 22.4 Å². The monoisotopic (exact) mass is 319 g/mol. The molecule has 0 saturated heterocycles. The van der Waals surface area contributed by atoms with Gasteiger partial charge in [-0.3, -0.25) is 4.79 Å². The normalized spacial score (nSPS) is 11.9. The number of hydrogen-bond donors (Lipinski definition) is 1. The van der Waals surface area contributed by atoms with E-state index in [9.17, 15) is 4.79 Å². The van der Waals surface area contributed by atoms with Gasteiger partial charge in [-0.25, -0.2) is 0 Å². The van der Waals surface area contributed by atoms with Crippen LogP contribution < -0.4 is 10.1 Å². The number of benzene rings is 3. The minimum Gasteiger partial charge on any atom is -0.480 e. The maximum atomic E-state index is 12.4. The Hall–Kier alpha value is -2.81. The number of hydrogen-bond acceptors (Lipinski definition) is 2. The van der Waals surface area contributed by atoms with E-state index in [-0.39, 0.29) is 5.91 Å². The quantitative estimate of drug-likeness (QED) is 0.733. The molecule has 0 spiro atoms. The van der Waals surface area contributed by atoms with Crippen molar-refractivity contribution in [1.82, 2.24) is 0 Å². The van der Waals surface area contributed by atoms with Crippen LogP contribution in [0.3, 0.4) is 0 Å². The molecule has 0 unspecified atom stereocenters. The number of fused-ring (bicyclic) bond motifs is 1. The van der Waals surface area contributed by atoms with Crippen LogP contribution in [0.5, 0.6) is 5.75 Å². The van der Waals surface area contributed by atoms with Gasteiger partial charge >= 0.3 is 0 Å². The average Bonchev–Trinajstić information content (AvgIpc) is 2.62. The third kappa shape index (κ3) is 3.57. The molecule has 0 heterocycles. The first kappa shape index (κ1) is 16.1. The van der Waals surface area contributed by atoms with Gasteiger partial charge in [-0.05, 0) is 42.5 Å². The predicted molar refractivity (Wildman–Crippen MR) is 98.5 cm³/mol. The smallest absolute Gasteiger partial charge is 0.265 e. The fraction of sp³-hybridized carbons (Fsp3) is 0.190. The molecule has 0 aliphatic rings. The summed E-state index contributed by atoms with van der Waals surface area (Å²) < 4.78 is 5.89. The van der Waals surface area contributed by atoms with Crippen molar-refractivity contribution in [2.45, 2.75) is 26.4 Å². The van der Waals surface area contributed by atoms with Crippen LogP contribution in [0.2, 0.25) is 0 Å². The Morgan fingerprint density at radius 3 is 2.46 bits per heavy atom. The second kappa shape index (κ2) is 7.18. The third-order valence-electron chi connectivity index (χ3n) is 4.05. The SMILES string of the molecule is CCc1ccc(NC(=O)[C@H](C)Oc2cccc3ccccc23)cc1. The fourth-order valence-corrected chi connectivity index (χ4v) is 2.61. The van der Waals surface area contributed by atoms with Gasteiger partial charge in [0.05, 0.1) is 0 Å². The van der Waals surface area contributed by atoms with Crippen LogP contribution >= 0.6 is 0 Å². The molecule has 0 saturated carbocycles. The van der Waals surface area contributed by atoms with Gasteiger partial charge < -0.3 is 10.1 Å². The molecule has 0 aliphatic carbocycles. The molecule has 24 heavy (non-hydrogen) atoms. The molecule has 3 aromatic carbocycles. The zero-order valence-corrected chi connectivity index (χ0v) is 14.0. The van der Waals surface area contributed by atoms with Gasteiger partial charge in [0, 0.05) is 11.1 Å². The lowest BCUT2D eigenvalue weighted by Crippen LogP contribution is -2.30. The molecule has 3 heteroatoms. The summed E-state index contributed by atoms with van der Waals surface area (Å²) in [4.78, 5) is 12.4. The van der Waals surface area contributed by atoms with E-state index >= 15 is 0 Å². The number of rotatable bonds is 5. The highest BCUT2D eigenvalue weighted by Gasteiger charge is 2.16. The van der Waals surface area contributed by atoms with Crippen LogP contribution in [-0.2, 0) is 11.2 Å². The third-order valence-corrected chi connectivity index (χ3v) is 4.05. The van der Waals surface area contributed by atoms with Crippen molar-refractivity contribution in [1.29, 1.82) is 0 Å². The molecule has 0 bridgehead atoms. The van der Waals surface area contributed by atoms with Crippen LogP contribution in [-0.4, -0.2) is 12.0 Å². The van der Waals surface area contributed by atoms with Crippen LogP contribution in [0.25, 0.3) is 10.8 Å². The summed E-state index contributed by atoms with van der Waals surface area (Å²) in [5.41, 5.74) is 2.03. The molecule has 3 nitrogen and oxygen atoms in total. The minimum atomic E-state index is -0.582. The molecule has 1 amide bonds. The van der Waals surface area contributed by atoms with Crippen LogP contribution in [0, 0.1) is 0 Å². The molecule has 3 aromatic rings. The molecule has 1 atom stereocenters. The molecule has 0 radical (unpaired) electrons. The maximum Gasteiger partial charge on any atom is 0.265 e. The standard InChI is InChI=1S/C21H21NO2/c1-3-16-11-13-18(14-12-16)22-21(23)15(2)24-20-10-6-8-17-7-4-5-9-19(17)20/h4-15H,3H2,1-2H3,(H,22,23)/t15-/m0/s1. The highest BCUT2D eigenvalue weighted by molar-refractivity contribution is 5.95. The zero-order chi connectivity index (χ0) is 16.9. The topological polar surface area (TPSA) is 38.3 Å². The van der Waals surface area contributed by atoms with E-state index in [4.69, 9.17) is 4.74 Å². The number of ether oxygens (including phenoxy) is 1. The van der Waals surface area contributed by atoms with Crippen molar-refractivity contribution in [3.8, 4) is 5.75 Å². The summed E-state index contributed by atoms with van der Waals surface area (Å²) in [6.07, 6.45) is 0.399. The van der Waals surface area contributed by atoms with Gasteiger partial charge in [-0.2, -0.15) is 0 Å². The number of aryl methyl sites for hydroxylation is 1. The number of nitrogens with one attached hydrogen (secondary N) is 1. The molecule has 0 aliphatic heterocycles. The van der Waals surface area contributed by atoms with Crippen molar-refractivity contribution in [2.75, 3.05) is 5.32 Å². The first-order valence-electron chi connectivity index (χ1n) is 8.21. The maximum absolute atomic E-state index is 12.4. The Balaban J connectivity index is 1.71. The first-order chi connectivity index (χ1) is 11.7. The van der Waals surface area contributed by atoms with E-state index in [1.165, 1.54) is 5.56 Å². The molecule has 0 fully saturated rings. The van der Waals surface area contributed by atoms with E-state index in [1.807, 2.05) is 66.7 Å². The van der Waals surface area contributed by atoms with E-state index in [0.717, 1.165) is 28.6 Å². The Kier molecular flexibility index (Phi) is 4.80. The summed E-state index contributed by atoms with van der Waals surface area (Å²) in [5, 5.41) is 5.00. The van der Waals surface area contributed by atoms with Crippen molar-refractivity contribution < 1.29 is 9.53 Å². The molecular formula is C21H21NO2. The van der Waals surface area contributed by atoms with E-state index in [2.05, 4.69) is 12.2 Å². The highest BCUT2D eigenvalue weighted by Crippen LogP contribution is 2.26. The molecular weight excluding hydrogens is 298 g/mol. The van der Waals surface area contributed by atoms with Crippen molar-refractivity contribution in [3.05, 3.63) is 72.3 Å². The largest absolute Gasteiger partial charge is 0.480 e. The summed E-state index contributed by atoms with van der Waals surface area (Å²) >= 11 is 0. The lowest BCUT2D eigenvalue weighted by atomic mass is 10.1. The number of amides is 1. The second-order valence-electron chi connectivity index (χ2n) is 5.78. The van der Waals surface area contributed by atoms with Crippen molar-refractivity contribution in [3.63, 3.8) is 0 Å². The number of anilines is 1. The summed E-state index contributed by atoms with van der Waals surface area (Å²) in [6.45, 7) is 3.87. The van der Waals surface area contributed by atoms with Gasteiger partial charge in [0.1, 0.15) is 5.75 Å². The number of carbonyl (C=O) groups excluding carboxylic acids is 1. The van der Waals surface area contributed by atoms with E-state index in [0.29, 0.717) is 0 Å². The molecule has 0 aromatic heterocycles. The Labute approximate surface area is 142 Å². The van der Waals surface area contributed by atoms with Crippen LogP contribution in [0.15, 0.2) is 66.7 Å². The summed E-state index contributed by atoms with van der Waals surface area (Å²) in [6, 6.07) is 21.7. The van der Waals surface area contributed by atoms with Crippen LogP contribution in [0.1, 0.15) is 19.4 Å². The molecule has 1 N–H and O–H groups in total. The summed E-state index contributed by atoms with van der Waals surface area (Å²) in [5.74, 6) is 0.560. The Bertz CT molecular complexity index is 835. The highest BCUT2D eigenvalue weighted by atomic mass is 16.5. The second-order valence-corrected chi connectivity index (χ2v) is 5.78. The lowest BCUT2D eigenvalue weighted by Gasteiger charge is -2.16.